The topological polar surface area (TPSA) is 64.6 Å². The summed E-state index contributed by atoms with van der Waals surface area (Å²) in [4.78, 5) is 23.9. The summed E-state index contributed by atoms with van der Waals surface area (Å²) in [5.74, 6) is -0.834. The molecule has 0 saturated heterocycles. The number of esters is 2. The third-order valence-electron chi connectivity index (χ3n) is 5.47. The number of carbonyl (C=O) groups is 2. The number of hydrogen-bond acceptors (Lipinski definition) is 5. The predicted molar refractivity (Wildman–Crippen MR) is 135 cm³/mol. The Labute approximate surface area is 218 Å². The van der Waals surface area contributed by atoms with E-state index in [4.69, 9.17) is 21.1 Å². The van der Waals surface area contributed by atoms with Gasteiger partial charge < -0.3 is 14.8 Å². The molecule has 0 heterocycles. The number of ether oxygens (including phenoxy) is 2. The molecule has 3 aromatic rings. The number of hydrogen-bond donors (Lipinski definition) is 1. The molecular formula is C28H27ClF3NO4. The maximum atomic E-state index is 13.4. The van der Waals surface area contributed by atoms with Gasteiger partial charge in [-0.05, 0) is 53.4 Å². The number of carbonyl (C=O) groups excluding carboxylic acids is 2. The summed E-state index contributed by atoms with van der Waals surface area (Å²) in [6.45, 7) is 2.37. The highest BCUT2D eigenvalue weighted by atomic mass is 35.5. The van der Waals surface area contributed by atoms with Gasteiger partial charge in [-0.1, -0.05) is 54.1 Å². The molecule has 3 rings (SSSR count). The molecule has 9 heteroatoms. The van der Waals surface area contributed by atoms with Crippen molar-refractivity contribution in [3.63, 3.8) is 0 Å². The smallest absolute Gasteiger partial charge is 0.416 e. The first kappa shape index (κ1) is 28.2. The molecule has 5 nitrogen and oxygen atoms in total. The minimum Gasteiger partial charge on any atom is -0.466 e. The van der Waals surface area contributed by atoms with Crippen molar-refractivity contribution < 1.29 is 32.2 Å². The Morgan fingerprint density at radius 1 is 0.892 bits per heavy atom. The second kappa shape index (κ2) is 13.3. The first-order valence-corrected chi connectivity index (χ1v) is 12.1. The molecule has 0 saturated carbocycles. The van der Waals surface area contributed by atoms with E-state index < -0.39 is 23.7 Å². The highest BCUT2D eigenvalue weighted by Gasteiger charge is 2.31. The molecule has 0 unspecified atom stereocenters. The van der Waals surface area contributed by atoms with Gasteiger partial charge in [-0.2, -0.15) is 13.2 Å². The maximum absolute atomic E-state index is 13.4. The highest BCUT2D eigenvalue weighted by molar-refractivity contribution is 6.33. The van der Waals surface area contributed by atoms with Gasteiger partial charge in [0.05, 0.1) is 25.0 Å². The van der Waals surface area contributed by atoms with Crippen molar-refractivity contribution in [3.05, 3.63) is 94.0 Å². The molecule has 0 fully saturated rings. The number of alkyl halides is 3. The molecule has 0 amide bonds. The van der Waals surface area contributed by atoms with Gasteiger partial charge in [0.1, 0.15) is 6.61 Å². The van der Waals surface area contributed by atoms with Crippen LogP contribution in [0.4, 0.5) is 13.2 Å². The van der Waals surface area contributed by atoms with Crippen LogP contribution in [0.15, 0.2) is 66.7 Å². The van der Waals surface area contributed by atoms with Crippen molar-refractivity contribution in [1.29, 1.82) is 0 Å². The molecule has 37 heavy (non-hydrogen) atoms. The van der Waals surface area contributed by atoms with E-state index in [2.05, 4.69) is 5.32 Å². The van der Waals surface area contributed by atoms with E-state index in [0.717, 1.165) is 17.7 Å². The zero-order valence-electron chi connectivity index (χ0n) is 20.2. The number of rotatable bonds is 11. The number of benzene rings is 3. The highest BCUT2D eigenvalue weighted by Crippen LogP contribution is 2.36. The third kappa shape index (κ3) is 8.61. The van der Waals surface area contributed by atoms with Crippen molar-refractivity contribution in [2.45, 2.75) is 39.1 Å². The van der Waals surface area contributed by atoms with E-state index in [-0.39, 0.29) is 39.1 Å². The monoisotopic (exact) mass is 533 g/mol. The van der Waals surface area contributed by atoms with Gasteiger partial charge in [-0.25, -0.2) is 0 Å². The minimum absolute atomic E-state index is 0.0112. The summed E-state index contributed by atoms with van der Waals surface area (Å²) in [5.41, 5.74) is 2.02. The lowest BCUT2D eigenvalue weighted by atomic mass is 9.95. The number of nitrogens with one attached hydrogen (secondary N) is 1. The molecule has 3 aromatic carbocycles. The SMILES string of the molecule is CCOC(=O)Cc1ccc(Cl)c(-c2ccc(C(F)(F)F)cc2CNCCC(=O)OCc2ccccc2)c1. The second-order valence-electron chi connectivity index (χ2n) is 8.24. The Balaban J connectivity index is 1.72. The molecule has 0 aliphatic carbocycles. The van der Waals surface area contributed by atoms with Crippen LogP contribution in [0.25, 0.3) is 11.1 Å². The molecule has 196 valence electrons. The Kier molecular flexibility index (Phi) is 10.1. The minimum atomic E-state index is -4.52. The zero-order chi connectivity index (χ0) is 26.8. The normalized spacial score (nSPS) is 11.3. The average Bonchev–Trinajstić information content (AvgIpc) is 2.87. The quantitative estimate of drug-likeness (QED) is 0.230. The van der Waals surface area contributed by atoms with Crippen LogP contribution in [0, 0.1) is 0 Å². The fourth-order valence-electron chi connectivity index (χ4n) is 3.67. The fraction of sp³-hybridized carbons (Fsp3) is 0.286. The molecule has 1 N–H and O–H groups in total. The van der Waals surface area contributed by atoms with Crippen LogP contribution in [-0.4, -0.2) is 25.1 Å². The van der Waals surface area contributed by atoms with Gasteiger partial charge in [0.25, 0.3) is 0 Å². The van der Waals surface area contributed by atoms with E-state index in [1.54, 1.807) is 25.1 Å². The van der Waals surface area contributed by atoms with E-state index in [9.17, 15) is 22.8 Å². The van der Waals surface area contributed by atoms with Gasteiger partial charge in [-0.3, -0.25) is 9.59 Å². The lowest BCUT2D eigenvalue weighted by Gasteiger charge is -2.16. The van der Waals surface area contributed by atoms with Crippen LogP contribution in [0.2, 0.25) is 5.02 Å². The largest absolute Gasteiger partial charge is 0.466 e. The first-order chi connectivity index (χ1) is 17.7. The van der Waals surface area contributed by atoms with Crippen molar-refractivity contribution >= 4 is 23.5 Å². The lowest BCUT2D eigenvalue weighted by molar-refractivity contribution is -0.145. The van der Waals surface area contributed by atoms with Crippen LogP contribution in [0.3, 0.4) is 0 Å². The molecule has 0 atom stereocenters. The van der Waals surface area contributed by atoms with Crippen LogP contribution < -0.4 is 5.32 Å². The van der Waals surface area contributed by atoms with Crippen LogP contribution in [0.5, 0.6) is 0 Å². The molecule has 0 spiro atoms. The van der Waals surface area contributed by atoms with E-state index >= 15 is 0 Å². The van der Waals surface area contributed by atoms with E-state index in [1.807, 2.05) is 30.3 Å². The summed E-state index contributed by atoms with van der Waals surface area (Å²) >= 11 is 6.40. The maximum Gasteiger partial charge on any atom is 0.416 e. The summed E-state index contributed by atoms with van der Waals surface area (Å²) in [6.07, 6.45) is -4.46. The summed E-state index contributed by atoms with van der Waals surface area (Å²) in [7, 11) is 0. The molecular weight excluding hydrogens is 507 g/mol. The van der Waals surface area contributed by atoms with Crippen LogP contribution >= 0.6 is 11.6 Å². The van der Waals surface area contributed by atoms with Gasteiger partial charge in [0, 0.05) is 23.7 Å². The van der Waals surface area contributed by atoms with Gasteiger partial charge in [0.15, 0.2) is 0 Å². The van der Waals surface area contributed by atoms with Gasteiger partial charge in [0.2, 0.25) is 0 Å². The summed E-state index contributed by atoms with van der Waals surface area (Å²) in [6, 6.07) is 17.6. The summed E-state index contributed by atoms with van der Waals surface area (Å²) in [5, 5.41) is 3.35. The summed E-state index contributed by atoms with van der Waals surface area (Å²) < 4.78 is 50.5. The van der Waals surface area contributed by atoms with Crippen molar-refractivity contribution in [2.75, 3.05) is 13.2 Å². The van der Waals surface area contributed by atoms with Crippen molar-refractivity contribution in [1.82, 2.24) is 5.32 Å². The van der Waals surface area contributed by atoms with Crippen LogP contribution in [0.1, 0.15) is 35.6 Å². The standard InChI is InChI=1S/C28H27ClF3NO4/c1-2-36-27(35)15-20-8-11-25(29)24(14-20)23-10-9-22(28(30,31)32)16-21(23)17-33-13-12-26(34)37-18-19-6-4-3-5-7-19/h3-11,14,16,33H,2,12-13,15,17-18H2,1H3. The van der Waals surface area contributed by atoms with Gasteiger partial charge in [-0.15, -0.1) is 0 Å². The van der Waals surface area contributed by atoms with Gasteiger partial charge >= 0.3 is 18.1 Å². The Morgan fingerprint density at radius 3 is 2.35 bits per heavy atom. The zero-order valence-corrected chi connectivity index (χ0v) is 21.0. The fourth-order valence-corrected chi connectivity index (χ4v) is 3.89. The number of halogens is 4. The lowest BCUT2D eigenvalue weighted by Crippen LogP contribution is -2.20. The van der Waals surface area contributed by atoms with E-state index in [0.29, 0.717) is 27.3 Å². The first-order valence-electron chi connectivity index (χ1n) is 11.7. The van der Waals surface area contributed by atoms with Crippen molar-refractivity contribution in [2.24, 2.45) is 0 Å². The Morgan fingerprint density at radius 2 is 1.65 bits per heavy atom. The predicted octanol–water partition coefficient (Wildman–Crippen LogP) is 6.35. The molecule has 0 aliphatic heterocycles. The van der Waals surface area contributed by atoms with Crippen molar-refractivity contribution in [3.8, 4) is 11.1 Å². The van der Waals surface area contributed by atoms with Crippen LogP contribution in [-0.2, 0) is 44.8 Å². The molecule has 0 bridgehead atoms. The molecule has 0 radical (unpaired) electrons. The second-order valence-corrected chi connectivity index (χ2v) is 8.65. The Hall–Kier alpha value is -3.36. The Bertz CT molecular complexity index is 1220. The molecule has 0 aromatic heterocycles. The van der Waals surface area contributed by atoms with E-state index in [1.165, 1.54) is 6.07 Å². The third-order valence-corrected chi connectivity index (χ3v) is 5.80. The molecule has 0 aliphatic rings. The average molecular weight is 534 g/mol.